The van der Waals surface area contributed by atoms with Gasteiger partial charge in [0.2, 0.25) is 0 Å². The van der Waals surface area contributed by atoms with Crippen LogP contribution < -0.4 is 15.9 Å². The van der Waals surface area contributed by atoms with E-state index in [1.165, 1.54) is 16.2 Å². The zero-order valence-electron chi connectivity index (χ0n) is 12.2. The van der Waals surface area contributed by atoms with E-state index in [4.69, 9.17) is 16.3 Å². The molecule has 1 aromatic carbocycles. The first kappa shape index (κ1) is 15.4. The maximum Gasteiger partial charge on any atom is 0.320 e. The summed E-state index contributed by atoms with van der Waals surface area (Å²) in [6.45, 7) is 4.49. The van der Waals surface area contributed by atoms with E-state index in [9.17, 15) is 9.59 Å². The SMILES string of the molecule is COc1ccc(-n2ccn(CC(C)C)c(=O)c2=O)cc1Cl. The topological polar surface area (TPSA) is 53.2 Å². The molecule has 0 radical (unpaired) electrons. The van der Waals surface area contributed by atoms with Crippen molar-refractivity contribution in [2.45, 2.75) is 20.4 Å². The Hall–Kier alpha value is -2.01. The number of methoxy groups -OCH3 is 1. The van der Waals surface area contributed by atoms with Crippen LogP contribution in [0.4, 0.5) is 0 Å². The summed E-state index contributed by atoms with van der Waals surface area (Å²) in [4.78, 5) is 24.3. The molecule has 21 heavy (non-hydrogen) atoms. The van der Waals surface area contributed by atoms with E-state index < -0.39 is 11.1 Å². The van der Waals surface area contributed by atoms with Crippen molar-refractivity contribution in [2.24, 2.45) is 5.92 Å². The van der Waals surface area contributed by atoms with Gasteiger partial charge in [-0.3, -0.25) is 14.2 Å². The van der Waals surface area contributed by atoms with Crippen LogP contribution in [0.15, 0.2) is 40.2 Å². The number of rotatable bonds is 4. The van der Waals surface area contributed by atoms with Crippen LogP contribution in [0.3, 0.4) is 0 Å². The molecule has 0 saturated carbocycles. The Morgan fingerprint density at radius 3 is 2.48 bits per heavy atom. The van der Waals surface area contributed by atoms with Crippen LogP contribution in [0.5, 0.6) is 5.75 Å². The molecule has 0 aliphatic heterocycles. The molecule has 1 aromatic heterocycles. The summed E-state index contributed by atoms with van der Waals surface area (Å²) in [5, 5.41) is 0.383. The van der Waals surface area contributed by atoms with Gasteiger partial charge in [-0.25, -0.2) is 0 Å². The molecule has 0 unspecified atom stereocenters. The van der Waals surface area contributed by atoms with Crippen LogP contribution in [0.1, 0.15) is 13.8 Å². The van der Waals surface area contributed by atoms with Gasteiger partial charge in [0.05, 0.1) is 17.8 Å². The van der Waals surface area contributed by atoms with Crippen molar-refractivity contribution < 1.29 is 4.74 Å². The average Bonchev–Trinajstić information content (AvgIpc) is 2.43. The van der Waals surface area contributed by atoms with Crippen LogP contribution in [0, 0.1) is 5.92 Å². The second-order valence-corrected chi connectivity index (χ2v) is 5.55. The van der Waals surface area contributed by atoms with E-state index in [1.54, 1.807) is 30.6 Å². The highest BCUT2D eigenvalue weighted by Gasteiger charge is 2.09. The third-order valence-corrected chi connectivity index (χ3v) is 3.33. The lowest BCUT2D eigenvalue weighted by Gasteiger charge is -2.11. The number of ether oxygens (including phenoxy) is 1. The van der Waals surface area contributed by atoms with Crippen molar-refractivity contribution in [2.75, 3.05) is 7.11 Å². The predicted octanol–water partition coefficient (Wildman–Crippen LogP) is 2.32. The van der Waals surface area contributed by atoms with Crippen LogP contribution in [-0.4, -0.2) is 16.2 Å². The van der Waals surface area contributed by atoms with Gasteiger partial charge in [0.25, 0.3) is 0 Å². The van der Waals surface area contributed by atoms with E-state index in [0.29, 0.717) is 23.0 Å². The lowest BCUT2D eigenvalue weighted by atomic mass is 10.2. The maximum absolute atomic E-state index is 12.2. The second-order valence-electron chi connectivity index (χ2n) is 5.14. The molecule has 0 saturated heterocycles. The van der Waals surface area contributed by atoms with Crippen LogP contribution in [-0.2, 0) is 6.54 Å². The van der Waals surface area contributed by atoms with Gasteiger partial charge in [-0.1, -0.05) is 25.4 Å². The number of nitrogens with zero attached hydrogens (tertiary/aromatic N) is 2. The predicted molar refractivity (Wildman–Crippen MR) is 82.7 cm³/mol. The Balaban J connectivity index is 2.51. The van der Waals surface area contributed by atoms with Gasteiger partial charge in [0, 0.05) is 18.9 Å². The van der Waals surface area contributed by atoms with E-state index in [2.05, 4.69) is 0 Å². The molecule has 0 aliphatic rings. The third kappa shape index (κ3) is 3.19. The number of hydrogen-bond acceptors (Lipinski definition) is 3. The Morgan fingerprint density at radius 2 is 1.90 bits per heavy atom. The highest BCUT2D eigenvalue weighted by Crippen LogP contribution is 2.25. The highest BCUT2D eigenvalue weighted by atomic mass is 35.5. The summed E-state index contributed by atoms with van der Waals surface area (Å²) in [5.74, 6) is 0.801. The molecule has 1 heterocycles. The first-order valence-corrected chi connectivity index (χ1v) is 6.98. The molecule has 5 nitrogen and oxygen atoms in total. The van der Waals surface area contributed by atoms with Crippen LogP contribution in [0.2, 0.25) is 5.02 Å². The lowest BCUT2D eigenvalue weighted by molar-refractivity contribution is 0.415. The molecule has 0 bridgehead atoms. The van der Waals surface area contributed by atoms with Gasteiger partial charge in [-0.2, -0.15) is 0 Å². The van der Waals surface area contributed by atoms with Crippen molar-refractivity contribution in [1.82, 2.24) is 9.13 Å². The number of aromatic nitrogens is 2. The molecule has 2 aromatic rings. The Bertz CT molecular complexity index is 762. The molecular weight excluding hydrogens is 292 g/mol. The smallest absolute Gasteiger partial charge is 0.320 e. The third-order valence-electron chi connectivity index (χ3n) is 3.03. The molecule has 0 aliphatic carbocycles. The molecule has 0 fully saturated rings. The molecular formula is C15H17ClN2O3. The number of halogens is 1. The van der Waals surface area contributed by atoms with Crippen molar-refractivity contribution in [3.63, 3.8) is 0 Å². The first-order valence-electron chi connectivity index (χ1n) is 6.60. The van der Waals surface area contributed by atoms with E-state index in [1.807, 2.05) is 13.8 Å². The first-order chi connectivity index (χ1) is 9.93. The standard InChI is InChI=1S/C15H17ClN2O3/c1-10(2)9-17-6-7-18(15(20)14(17)19)11-4-5-13(21-3)12(16)8-11/h4-8,10H,9H2,1-3H3. The Morgan fingerprint density at radius 1 is 1.19 bits per heavy atom. The molecule has 2 rings (SSSR count). The van der Waals surface area contributed by atoms with Crippen molar-refractivity contribution in [3.05, 3.63) is 56.3 Å². The summed E-state index contributed by atoms with van der Waals surface area (Å²) in [6, 6.07) is 4.93. The van der Waals surface area contributed by atoms with Crippen molar-refractivity contribution in [3.8, 4) is 11.4 Å². The van der Waals surface area contributed by atoms with Gasteiger partial charge in [0.15, 0.2) is 0 Å². The summed E-state index contributed by atoms with van der Waals surface area (Å²) >= 11 is 6.05. The highest BCUT2D eigenvalue weighted by molar-refractivity contribution is 6.32. The number of benzene rings is 1. The molecule has 0 atom stereocenters. The van der Waals surface area contributed by atoms with Gasteiger partial charge in [-0.15, -0.1) is 0 Å². The van der Waals surface area contributed by atoms with Crippen LogP contribution in [0.25, 0.3) is 5.69 Å². The van der Waals surface area contributed by atoms with E-state index >= 15 is 0 Å². The van der Waals surface area contributed by atoms with Gasteiger partial charge < -0.3 is 9.30 Å². The fourth-order valence-electron chi connectivity index (χ4n) is 2.05. The lowest BCUT2D eigenvalue weighted by Crippen LogP contribution is -2.40. The minimum atomic E-state index is -0.598. The average molecular weight is 309 g/mol. The van der Waals surface area contributed by atoms with Crippen molar-refractivity contribution >= 4 is 11.6 Å². The van der Waals surface area contributed by atoms with Crippen LogP contribution >= 0.6 is 11.6 Å². The molecule has 0 N–H and O–H groups in total. The minimum absolute atomic E-state index is 0.286. The van der Waals surface area contributed by atoms with Gasteiger partial charge in [0.1, 0.15) is 5.75 Å². The fourth-order valence-corrected chi connectivity index (χ4v) is 2.31. The largest absolute Gasteiger partial charge is 0.495 e. The zero-order valence-corrected chi connectivity index (χ0v) is 12.9. The summed E-state index contributed by atoms with van der Waals surface area (Å²) in [6.07, 6.45) is 3.19. The van der Waals surface area contributed by atoms with Gasteiger partial charge in [-0.05, 0) is 24.1 Å². The molecule has 6 heteroatoms. The van der Waals surface area contributed by atoms with E-state index in [0.717, 1.165) is 0 Å². The summed E-state index contributed by atoms with van der Waals surface area (Å²) in [5.41, 5.74) is -0.614. The Kier molecular flexibility index (Phi) is 4.53. The minimum Gasteiger partial charge on any atom is -0.495 e. The second kappa shape index (κ2) is 6.18. The summed E-state index contributed by atoms with van der Waals surface area (Å²) in [7, 11) is 1.51. The summed E-state index contributed by atoms with van der Waals surface area (Å²) < 4.78 is 7.77. The Labute approximate surface area is 127 Å². The monoisotopic (exact) mass is 308 g/mol. The maximum atomic E-state index is 12.2. The van der Waals surface area contributed by atoms with Crippen molar-refractivity contribution in [1.29, 1.82) is 0 Å². The van der Waals surface area contributed by atoms with Gasteiger partial charge >= 0.3 is 11.1 Å². The molecule has 0 amide bonds. The molecule has 0 spiro atoms. The molecule has 112 valence electrons. The number of hydrogen-bond donors (Lipinski definition) is 0. The quantitative estimate of drug-likeness (QED) is 0.815. The zero-order chi connectivity index (χ0) is 15.6. The normalized spacial score (nSPS) is 10.9. The fraction of sp³-hybridized carbons (Fsp3) is 0.333. The van der Waals surface area contributed by atoms with E-state index in [-0.39, 0.29) is 5.92 Å².